The first-order valence-electron chi connectivity index (χ1n) is 9.35. The topological polar surface area (TPSA) is 81.7 Å². The van der Waals surface area contributed by atoms with E-state index in [0.29, 0.717) is 22.6 Å². The van der Waals surface area contributed by atoms with E-state index in [1.165, 1.54) is 6.26 Å². The summed E-state index contributed by atoms with van der Waals surface area (Å²) in [6, 6.07) is 11.8. The second kappa shape index (κ2) is 9.43. The van der Waals surface area contributed by atoms with Crippen LogP contribution in [0.4, 0.5) is 0 Å². The smallest absolute Gasteiger partial charge is 0.280 e. The number of carbonyl (C=O) groups excluding carboxylic acids is 2. The van der Waals surface area contributed by atoms with Crippen LogP contribution in [0.25, 0.3) is 0 Å². The first-order valence-corrected chi connectivity index (χ1v) is 10.9. The number of nitrogens with zero attached hydrogens (tertiary/aromatic N) is 1. The monoisotopic (exact) mass is 416 g/mol. The lowest BCUT2D eigenvalue weighted by atomic mass is 10.0. The fraction of sp³-hybridized carbons (Fsp3) is 0.364. The van der Waals surface area contributed by atoms with Gasteiger partial charge in [-0.15, -0.1) is 0 Å². The standard InChI is InChI=1S/C22H28N2O4S/c1-7-15-16(12-10-13-18(15)28-5)20(25)24(23-22(2,3)4)21(26)17-11-8-9-14-19(17)29(6)27/h8-14,23H,7H2,1-6H3. The van der Waals surface area contributed by atoms with Crippen molar-refractivity contribution in [3.63, 3.8) is 0 Å². The van der Waals surface area contributed by atoms with E-state index in [1.54, 1.807) is 49.6 Å². The summed E-state index contributed by atoms with van der Waals surface area (Å²) < 4.78 is 17.5. The van der Waals surface area contributed by atoms with Crippen molar-refractivity contribution in [3.05, 3.63) is 59.2 Å². The van der Waals surface area contributed by atoms with Crippen LogP contribution in [0.1, 0.15) is 54.0 Å². The minimum Gasteiger partial charge on any atom is -0.612 e. The average molecular weight is 417 g/mol. The molecular formula is C22H28N2O4S. The van der Waals surface area contributed by atoms with Crippen LogP contribution in [0.3, 0.4) is 0 Å². The van der Waals surface area contributed by atoms with Crippen LogP contribution in [0.5, 0.6) is 5.75 Å². The van der Waals surface area contributed by atoms with Crippen molar-refractivity contribution in [2.45, 2.75) is 44.6 Å². The average Bonchev–Trinajstić information content (AvgIpc) is 2.69. The van der Waals surface area contributed by atoms with E-state index in [-0.39, 0.29) is 5.56 Å². The second-order valence-corrected chi connectivity index (χ2v) is 8.95. The Labute approximate surface area is 175 Å². The third-order valence-corrected chi connectivity index (χ3v) is 5.19. The third kappa shape index (κ3) is 5.38. The second-order valence-electron chi connectivity index (χ2n) is 7.60. The minimum absolute atomic E-state index is 0.222. The zero-order valence-electron chi connectivity index (χ0n) is 17.7. The van der Waals surface area contributed by atoms with Gasteiger partial charge in [-0.3, -0.25) is 9.59 Å². The Morgan fingerprint density at radius 2 is 1.66 bits per heavy atom. The molecule has 2 aromatic carbocycles. The number of methoxy groups -OCH3 is 1. The van der Waals surface area contributed by atoms with Gasteiger partial charge in [0.15, 0.2) is 4.90 Å². The van der Waals surface area contributed by atoms with Crippen molar-refractivity contribution in [1.82, 2.24) is 10.4 Å². The highest BCUT2D eigenvalue weighted by atomic mass is 32.2. The predicted octanol–water partition coefficient (Wildman–Crippen LogP) is 3.58. The fourth-order valence-corrected chi connectivity index (χ4v) is 3.72. The van der Waals surface area contributed by atoms with Gasteiger partial charge in [-0.25, -0.2) is 10.4 Å². The van der Waals surface area contributed by atoms with Gasteiger partial charge in [0.25, 0.3) is 11.8 Å². The number of hydrogen-bond acceptors (Lipinski definition) is 5. The first-order chi connectivity index (χ1) is 13.6. The number of nitrogens with one attached hydrogen (secondary N) is 1. The molecular weight excluding hydrogens is 388 g/mol. The van der Waals surface area contributed by atoms with E-state index < -0.39 is 28.5 Å². The predicted molar refractivity (Wildman–Crippen MR) is 115 cm³/mol. The highest BCUT2D eigenvalue weighted by Gasteiger charge is 2.32. The molecule has 0 spiro atoms. The number of rotatable bonds is 6. The normalized spacial score (nSPS) is 12.4. The molecule has 156 valence electrons. The molecule has 2 rings (SSSR count). The summed E-state index contributed by atoms with van der Waals surface area (Å²) in [5.41, 5.74) is 3.77. The van der Waals surface area contributed by atoms with Crippen molar-refractivity contribution in [2.75, 3.05) is 13.4 Å². The first kappa shape index (κ1) is 22.9. The Morgan fingerprint density at radius 3 is 2.21 bits per heavy atom. The molecule has 1 atom stereocenters. The number of amides is 2. The molecule has 1 unspecified atom stereocenters. The molecule has 0 bridgehead atoms. The van der Waals surface area contributed by atoms with Crippen molar-refractivity contribution >= 4 is 23.0 Å². The number of carbonyl (C=O) groups is 2. The Morgan fingerprint density at radius 1 is 1.07 bits per heavy atom. The molecule has 2 aromatic rings. The lowest BCUT2D eigenvalue weighted by Crippen LogP contribution is -2.55. The third-order valence-electron chi connectivity index (χ3n) is 4.22. The molecule has 0 heterocycles. The van der Waals surface area contributed by atoms with Gasteiger partial charge in [-0.1, -0.05) is 25.1 Å². The summed E-state index contributed by atoms with van der Waals surface area (Å²) in [6.07, 6.45) is 2.07. The van der Waals surface area contributed by atoms with Crippen LogP contribution >= 0.6 is 0 Å². The van der Waals surface area contributed by atoms with Gasteiger partial charge in [0, 0.05) is 16.7 Å². The van der Waals surface area contributed by atoms with Crippen molar-refractivity contribution in [2.24, 2.45) is 0 Å². The van der Waals surface area contributed by atoms with Crippen LogP contribution in [0.2, 0.25) is 0 Å². The number of benzene rings is 2. The minimum atomic E-state index is -1.38. The van der Waals surface area contributed by atoms with Gasteiger partial charge in [0.1, 0.15) is 12.0 Å². The summed E-state index contributed by atoms with van der Waals surface area (Å²) >= 11 is -1.38. The van der Waals surface area contributed by atoms with E-state index >= 15 is 0 Å². The molecule has 0 aliphatic heterocycles. The Kier molecular flexibility index (Phi) is 7.46. The Bertz CT molecular complexity index is 891. The highest BCUT2D eigenvalue weighted by Crippen LogP contribution is 2.25. The quantitative estimate of drug-likeness (QED) is 0.442. The van der Waals surface area contributed by atoms with Crippen LogP contribution < -0.4 is 10.2 Å². The maximum Gasteiger partial charge on any atom is 0.280 e. The van der Waals surface area contributed by atoms with E-state index in [0.717, 1.165) is 10.6 Å². The summed E-state index contributed by atoms with van der Waals surface area (Å²) in [5.74, 6) is -0.450. The van der Waals surface area contributed by atoms with E-state index in [1.807, 2.05) is 27.7 Å². The number of imide groups is 1. The molecule has 6 nitrogen and oxygen atoms in total. The zero-order valence-corrected chi connectivity index (χ0v) is 18.6. The van der Waals surface area contributed by atoms with Gasteiger partial charge in [-0.05, 0) is 62.6 Å². The molecule has 0 aliphatic carbocycles. The number of ether oxygens (including phenoxy) is 1. The summed E-state index contributed by atoms with van der Waals surface area (Å²) in [4.78, 5) is 27.3. The van der Waals surface area contributed by atoms with Crippen LogP contribution in [-0.4, -0.2) is 40.3 Å². The van der Waals surface area contributed by atoms with Crippen LogP contribution in [0.15, 0.2) is 47.4 Å². The molecule has 0 radical (unpaired) electrons. The Balaban J connectivity index is 2.58. The van der Waals surface area contributed by atoms with E-state index in [2.05, 4.69) is 5.43 Å². The van der Waals surface area contributed by atoms with Crippen molar-refractivity contribution in [3.8, 4) is 5.75 Å². The number of hydrazine groups is 1. The molecule has 2 amide bonds. The van der Waals surface area contributed by atoms with Gasteiger partial charge >= 0.3 is 0 Å². The molecule has 29 heavy (non-hydrogen) atoms. The molecule has 0 saturated heterocycles. The maximum atomic E-state index is 13.5. The summed E-state index contributed by atoms with van der Waals surface area (Å²) in [7, 11) is 1.55. The highest BCUT2D eigenvalue weighted by molar-refractivity contribution is 7.90. The Hall–Kier alpha value is -2.35. The van der Waals surface area contributed by atoms with Gasteiger partial charge in [0.05, 0.1) is 12.7 Å². The molecule has 1 N–H and O–H groups in total. The van der Waals surface area contributed by atoms with Crippen LogP contribution in [0, 0.1) is 0 Å². The summed E-state index contributed by atoms with van der Waals surface area (Å²) in [5, 5.41) is 1.01. The van der Waals surface area contributed by atoms with Crippen molar-refractivity contribution < 1.29 is 18.9 Å². The maximum absolute atomic E-state index is 13.5. The molecule has 0 saturated carbocycles. The van der Waals surface area contributed by atoms with Gasteiger partial charge in [-0.2, -0.15) is 0 Å². The zero-order chi connectivity index (χ0) is 21.8. The van der Waals surface area contributed by atoms with E-state index in [9.17, 15) is 14.1 Å². The molecule has 0 aliphatic rings. The fourth-order valence-electron chi connectivity index (χ4n) is 2.99. The SMILES string of the molecule is CCc1c(OC)cccc1C(=O)N(NC(C)(C)C)C(=O)c1ccccc1[S+](C)[O-]. The van der Waals surface area contributed by atoms with Gasteiger partial charge < -0.3 is 9.29 Å². The molecule has 7 heteroatoms. The molecule has 0 aromatic heterocycles. The van der Waals surface area contributed by atoms with E-state index in [4.69, 9.17) is 4.74 Å². The van der Waals surface area contributed by atoms with Crippen LogP contribution in [-0.2, 0) is 17.6 Å². The molecule has 0 fully saturated rings. The lowest BCUT2D eigenvalue weighted by Gasteiger charge is -2.31. The number of hydrogen-bond donors (Lipinski definition) is 1. The summed E-state index contributed by atoms with van der Waals surface area (Å²) in [6.45, 7) is 7.50. The van der Waals surface area contributed by atoms with Crippen molar-refractivity contribution in [1.29, 1.82) is 0 Å². The largest absolute Gasteiger partial charge is 0.612 e. The van der Waals surface area contributed by atoms with Gasteiger partial charge in [0.2, 0.25) is 0 Å². The lowest BCUT2D eigenvalue weighted by molar-refractivity contribution is 0.0449.